The van der Waals surface area contributed by atoms with Gasteiger partial charge in [-0.05, 0) is 31.3 Å². The van der Waals surface area contributed by atoms with Gasteiger partial charge in [0.2, 0.25) is 15.9 Å². The molecular formula is C14H22N4O4S2. The van der Waals surface area contributed by atoms with Crippen LogP contribution >= 0.6 is 12.2 Å². The van der Waals surface area contributed by atoms with Gasteiger partial charge in [-0.15, -0.1) is 0 Å². The Balaban J connectivity index is 2.28. The summed E-state index contributed by atoms with van der Waals surface area (Å²) in [6, 6.07) is 7.94. The number of hydrogen-bond acceptors (Lipinski definition) is 5. The molecule has 1 aromatic rings. The SMILES string of the molecule is COC[C@@H](C)NC(=S)NNC(=O)CCNS(=O)(=O)c1ccccc1. The average Bonchev–Trinajstić information content (AvgIpc) is 2.54. The molecule has 0 aliphatic rings. The number of methoxy groups -OCH3 is 1. The Labute approximate surface area is 147 Å². The van der Waals surface area contributed by atoms with E-state index in [2.05, 4.69) is 20.9 Å². The molecule has 0 aromatic heterocycles. The highest BCUT2D eigenvalue weighted by Crippen LogP contribution is 2.06. The Morgan fingerprint density at radius 1 is 1.25 bits per heavy atom. The van der Waals surface area contributed by atoms with Crippen molar-refractivity contribution in [2.75, 3.05) is 20.3 Å². The van der Waals surface area contributed by atoms with Crippen LogP contribution in [0.3, 0.4) is 0 Å². The summed E-state index contributed by atoms with van der Waals surface area (Å²) >= 11 is 4.99. The van der Waals surface area contributed by atoms with Gasteiger partial charge in [0.15, 0.2) is 5.11 Å². The average molecular weight is 374 g/mol. The fourth-order valence-corrected chi connectivity index (χ4v) is 3.03. The molecule has 0 unspecified atom stereocenters. The summed E-state index contributed by atoms with van der Waals surface area (Å²) in [5.41, 5.74) is 4.93. The molecule has 0 saturated carbocycles. The normalized spacial score (nSPS) is 12.2. The number of ether oxygens (including phenoxy) is 1. The first-order chi connectivity index (χ1) is 11.3. The molecule has 24 heavy (non-hydrogen) atoms. The zero-order valence-corrected chi connectivity index (χ0v) is 15.2. The number of amides is 1. The second-order valence-corrected chi connectivity index (χ2v) is 7.14. The van der Waals surface area contributed by atoms with Gasteiger partial charge < -0.3 is 10.1 Å². The highest BCUT2D eigenvalue weighted by atomic mass is 32.2. The Hall–Kier alpha value is -1.75. The lowest BCUT2D eigenvalue weighted by Gasteiger charge is -2.16. The molecule has 0 heterocycles. The highest BCUT2D eigenvalue weighted by Gasteiger charge is 2.13. The topological polar surface area (TPSA) is 109 Å². The molecule has 1 amide bonds. The molecule has 8 nitrogen and oxygen atoms in total. The number of hydrogen-bond donors (Lipinski definition) is 4. The minimum absolute atomic E-state index is 0.00964. The number of benzene rings is 1. The number of rotatable bonds is 8. The smallest absolute Gasteiger partial charge is 0.240 e. The van der Waals surface area contributed by atoms with Crippen molar-refractivity contribution < 1.29 is 17.9 Å². The van der Waals surface area contributed by atoms with Crippen molar-refractivity contribution in [1.82, 2.24) is 20.9 Å². The summed E-state index contributed by atoms with van der Waals surface area (Å²) in [4.78, 5) is 11.8. The predicted octanol–water partition coefficient (Wildman–Crippen LogP) is -0.115. The molecule has 0 saturated heterocycles. The van der Waals surface area contributed by atoms with Gasteiger partial charge >= 0.3 is 0 Å². The number of nitrogens with one attached hydrogen (secondary N) is 4. The number of sulfonamides is 1. The van der Waals surface area contributed by atoms with Crippen molar-refractivity contribution in [1.29, 1.82) is 0 Å². The maximum Gasteiger partial charge on any atom is 0.240 e. The van der Waals surface area contributed by atoms with E-state index in [4.69, 9.17) is 17.0 Å². The highest BCUT2D eigenvalue weighted by molar-refractivity contribution is 7.89. The van der Waals surface area contributed by atoms with Crippen molar-refractivity contribution in [2.45, 2.75) is 24.3 Å². The minimum Gasteiger partial charge on any atom is -0.383 e. The number of hydrazine groups is 1. The van der Waals surface area contributed by atoms with Gasteiger partial charge in [-0.25, -0.2) is 13.1 Å². The van der Waals surface area contributed by atoms with Gasteiger partial charge in [-0.3, -0.25) is 15.6 Å². The molecule has 10 heteroatoms. The van der Waals surface area contributed by atoms with Crippen molar-refractivity contribution in [3.05, 3.63) is 30.3 Å². The third-order valence-corrected chi connectivity index (χ3v) is 4.50. The first-order valence-electron chi connectivity index (χ1n) is 7.24. The summed E-state index contributed by atoms with van der Waals surface area (Å²) in [6.07, 6.45) is -0.0324. The summed E-state index contributed by atoms with van der Waals surface area (Å²) in [5.74, 6) is -0.394. The molecule has 1 aromatic carbocycles. The zero-order valence-electron chi connectivity index (χ0n) is 13.5. The molecule has 134 valence electrons. The van der Waals surface area contributed by atoms with E-state index in [9.17, 15) is 13.2 Å². The zero-order chi connectivity index (χ0) is 18.0. The Morgan fingerprint density at radius 3 is 2.54 bits per heavy atom. The standard InChI is InChI=1S/C14H22N4O4S2/c1-11(10-22-2)16-14(23)18-17-13(19)8-9-15-24(20,21)12-6-4-3-5-7-12/h3-7,11,15H,8-10H2,1-2H3,(H,17,19)(H2,16,18,23)/t11-/m1/s1. The van der Waals surface area contributed by atoms with E-state index in [0.29, 0.717) is 6.61 Å². The Morgan fingerprint density at radius 2 is 1.92 bits per heavy atom. The van der Waals surface area contributed by atoms with E-state index in [0.717, 1.165) is 0 Å². The molecule has 0 spiro atoms. The van der Waals surface area contributed by atoms with E-state index < -0.39 is 15.9 Å². The third kappa shape index (κ3) is 7.68. The molecule has 0 aliphatic heterocycles. The third-order valence-electron chi connectivity index (χ3n) is 2.81. The van der Waals surface area contributed by atoms with Crippen LogP contribution in [-0.4, -0.2) is 45.7 Å². The van der Waals surface area contributed by atoms with Crippen molar-refractivity contribution in [2.24, 2.45) is 0 Å². The molecule has 1 atom stereocenters. The monoisotopic (exact) mass is 374 g/mol. The van der Waals surface area contributed by atoms with Crippen LogP contribution in [0.5, 0.6) is 0 Å². The molecule has 4 N–H and O–H groups in total. The van der Waals surface area contributed by atoms with Crippen LogP contribution in [0.15, 0.2) is 35.2 Å². The lowest BCUT2D eigenvalue weighted by atomic mass is 10.4. The summed E-state index contributed by atoms with van der Waals surface area (Å²) in [6.45, 7) is 2.32. The summed E-state index contributed by atoms with van der Waals surface area (Å²) < 4.78 is 31.2. The quantitative estimate of drug-likeness (QED) is 0.371. The Kier molecular flexibility index (Phi) is 8.61. The van der Waals surface area contributed by atoms with Gasteiger partial charge in [-0.1, -0.05) is 18.2 Å². The largest absolute Gasteiger partial charge is 0.383 e. The van der Waals surface area contributed by atoms with E-state index in [1.807, 2.05) is 6.92 Å². The van der Waals surface area contributed by atoms with Crippen LogP contribution in [0.1, 0.15) is 13.3 Å². The molecule has 1 rings (SSSR count). The fraction of sp³-hybridized carbons (Fsp3) is 0.429. The molecule has 0 radical (unpaired) electrons. The second-order valence-electron chi connectivity index (χ2n) is 4.96. The van der Waals surface area contributed by atoms with Crippen molar-refractivity contribution >= 4 is 33.3 Å². The number of carbonyl (C=O) groups excluding carboxylic acids is 1. The second kappa shape index (κ2) is 10.2. The van der Waals surface area contributed by atoms with E-state index in [-0.39, 0.29) is 29.0 Å². The fourth-order valence-electron chi connectivity index (χ4n) is 1.72. The lowest BCUT2D eigenvalue weighted by Crippen LogP contribution is -2.50. The molecule has 0 fully saturated rings. The lowest BCUT2D eigenvalue weighted by molar-refractivity contribution is -0.121. The first-order valence-corrected chi connectivity index (χ1v) is 9.13. The van der Waals surface area contributed by atoms with Crippen LogP contribution in [-0.2, 0) is 19.6 Å². The minimum atomic E-state index is -3.61. The van der Waals surface area contributed by atoms with Gasteiger partial charge in [0.1, 0.15) is 0 Å². The van der Waals surface area contributed by atoms with Crippen LogP contribution in [0.2, 0.25) is 0 Å². The van der Waals surface area contributed by atoms with Crippen molar-refractivity contribution in [3.63, 3.8) is 0 Å². The summed E-state index contributed by atoms with van der Waals surface area (Å²) in [7, 11) is -2.04. The molecule has 0 aliphatic carbocycles. The summed E-state index contributed by atoms with van der Waals surface area (Å²) in [5, 5.41) is 3.16. The van der Waals surface area contributed by atoms with Crippen LogP contribution < -0.4 is 20.9 Å². The van der Waals surface area contributed by atoms with Gasteiger partial charge in [-0.2, -0.15) is 0 Å². The maximum atomic E-state index is 12.0. The van der Waals surface area contributed by atoms with Crippen LogP contribution in [0, 0.1) is 0 Å². The van der Waals surface area contributed by atoms with E-state index in [1.165, 1.54) is 12.1 Å². The molecular weight excluding hydrogens is 352 g/mol. The first kappa shape index (κ1) is 20.3. The van der Waals surface area contributed by atoms with Crippen molar-refractivity contribution in [3.8, 4) is 0 Å². The number of carbonyl (C=O) groups is 1. The Bertz CT molecular complexity index is 637. The maximum absolute atomic E-state index is 12.0. The van der Waals surface area contributed by atoms with Crippen LogP contribution in [0.25, 0.3) is 0 Å². The number of thiocarbonyl (C=S) groups is 1. The van der Waals surface area contributed by atoms with Crippen LogP contribution in [0.4, 0.5) is 0 Å². The van der Waals surface area contributed by atoms with E-state index >= 15 is 0 Å². The molecule has 0 bridgehead atoms. The van der Waals surface area contributed by atoms with Gasteiger partial charge in [0.25, 0.3) is 0 Å². The van der Waals surface area contributed by atoms with Gasteiger partial charge in [0, 0.05) is 26.1 Å². The van der Waals surface area contributed by atoms with Gasteiger partial charge in [0.05, 0.1) is 11.5 Å². The predicted molar refractivity (Wildman–Crippen MR) is 94.6 cm³/mol. The van der Waals surface area contributed by atoms with E-state index in [1.54, 1.807) is 25.3 Å².